The van der Waals surface area contributed by atoms with Gasteiger partial charge in [0.15, 0.2) is 0 Å². The molecule has 0 bridgehead atoms. The SMILES string of the molecule is CN1CC[N+](=C2N=C3C(C(=O)N(C)C(=O)N3C)N2Cc2cccc3ccccc23)CC1. The van der Waals surface area contributed by atoms with Crippen LogP contribution in [0.4, 0.5) is 4.79 Å². The largest absolute Gasteiger partial charge is 0.392 e. The maximum atomic E-state index is 13.2. The number of fused-ring (bicyclic) bond motifs is 2. The van der Waals surface area contributed by atoms with Crippen molar-refractivity contribution in [3.63, 3.8) is 0 Å². The molecule has 3 aliphatic rings. The molecule has 2 saturated heterocycles. The number of piperazine rings is 1. The van der Waals surface area contributed by atoms with Crippen LogP contribution in [-0.2, 0) is 11.3 Å². The maximum absolute atomic E-state index is 13.2. The van der Waals surface area contributed by atoms with E-state index in [2.05, 4.69) is 51.8 Å². The summed E-state index contributed by atoms with van der Waals surface area (Å²) in [6, 6.07) is 13.6. The summed E-state index contributed by atoms with van der Waals surface area (Å²) in [5.41, 5.74) is 1.14. The summed E-state index contributed by atoms with van der Waals surface area (Å²) < 4.78 is 2.24. The lowest BCUT2D eigenvalue weighted by atomic mass is 10.0. The average Bonchev–Trinajstić information content (AvgIpc) is 3.16. The van der Waals surface area contributed by atoms with Gasteiger partial charge < -0.3 is 4.90 Å². The van der Waals surface area contributed by atoms with Gasteiger partial charge >= 0.3 is 12.0 Å². The highest BCUT2D eigenvalue weighted by Gasteiger charge is 2.55. The fraction of sp³-hybridized carbons (Fsp3) is 0.391. The Kier molecular flexibility index (Phi) is 4.74. The molecule has 5 rings (SSSR count). The molecule has 3 heterocycles. The normalized spacial score (nSPS) is 22.5. The van der Waals surface area contributed by atoms with Crippen LogP contribution in [0.3, 0.4) is 0 Å². The van der Waals surface area contributed by atoms with Crippen molar-refractivity contribution in [2.24, 2.45) is 4.99 Å². The van der Waals surface area contributed by atoms with Crippen LogP contribution in [0.15, 0.2) is 47.5 Å². The molecule has 0 radical (unpaired) electrons. The molecule has 2 fully saturated rings. The number of amidine groups is 1. The Labute approximate surface area is 181 Å². The molecule has 0 aromatic heterocycles. The van der Waals surface area contributed by atoms with Crippen LogP contribution >= 0.6 is 0 Å². The van der Waals surface area contributed by atoms with E-state index in [1.807, 2.05) is 12.1 Å². The second-order valence-electron chi connectivity index (χ2n) is 8.47. The molecule has 8 heteroatoms. The molecule has 3 aliphatic heterocycles. The van der Waals surface area contributed by atoms with Crippen molar-refractivity contribution in [2.75, 3.05) is 47.3 Å². The summed E-state index contributed by atoms with van der Waals surface area (Å²) in [7, 11) is 5.35. The Balaban J connectivity index is 1.61. The smallest absolute Gasteiger partial charge is 0.300 e. The summed E-state index contributed by atoms with van der Waals surface area (Å²) >= 11 is 0. The van der Waals surface area contributed by atoms with E-state index in [-0.39, 0.29) is 11.9 Å². The van der Waals surface area contributed by atoms with Crippen LogP contribution in [0.25, 0.3) is 10.8 Å². The standard InChI is InChI=1S/C23H27N6O2/c1-25-11-13-28(14-12-25)22-24-20-19(21(30)27(3)23(31)26(20)2)29(22)15-17-9-6-8-16-7-4-5-10-18(16)17/h4-10,19H,11-15H2,1-3H3/q+1. The third kappa shape index (κ3) is 3.18. The molecule has 3 amide bonds. The maximum Gasteiger partial charge on any atom is 0.392 e. The first-order valence-corrected chi connectivity index (χ1v) is 10.6. The van der Waals surface area contributed by atoms with E-state index in [0.29, 0.717) is 12.4 Å². The van der Waals surface area contributed by atoms with E-state index in [0.717, 1.165) is 43.1 Å². The van der Waals surface area contributed by atoms with Gasteiger partial charge in [0, 0.05) is 27.2 Å². The number of carbonyl (C=O) groups excluding carboxylic acids is 2. The minimum absolute atomic E-state index is 0.230. The highest BCUT2D eigenvalue weighted by molar-refractivity contribution is 6.25. The first kappa shape index (κ1) is 19.7. The number of carbonyl (C=O) groups is 2. The van der Waals surface area contributed by atoms with Crippen LogP contribution in [0.2, 0.25) is 0 Å². The Bertz CT molecular complexity index is 1120. The van der Waals surface area contributed by atoms with Crippen molar-refractivity contribution < 1.29 is 14.2 Å². The molecule has 0 aliphatic carbocycles. The number of hydrogen-bond donors (Lipinski definition) is 0. The number of guanidine groups is 1. The van der Waals surface area contributed by atoms with Gasteiger partial charge in [0.2, 0.25) is 11.9 Å². The second kappa shape index (κ2) is 7.46. The number of rotatable bonds is 2. The highest BCUT2D eigenvalue weighted by Crippen LogP contribution is 2.27. The molecule has 0 saturated carbocycles. The third-order valence-corrected chi connectivity index (χ3v) is 6.52. The fourth-order valence-electron chi connectivity index (χ4n) is 4.62. The zero-order chi connectivity index (χ0) is 21.7. The van der Waals surface area contributed by atoms with Gasteiger partial charge in [-0.05, 0) is 23.4 Å². The van der Waals surface area contributed by atoms with Gasteiger partial charge in [0.1, 0.15) is 0 Å². The predicted octanol–water partition coefficient (Wildman–Crippen LogP) is 1.26. The summed E-state index contributed by atoms with van der Waals surface area (Å²) in [5.74, 6) is 1.07. The van der Waals surface area contributed by atoms with Gasteiger partial charge in [0.05, 0.1) is 19.6 Å². The van der Waals surface area contributed by atoms with Crippen molar-refractivity contribution in [3.05, 3.63) is 48.0 Å². The van der Waals surface area contributed by atoms with E-state index >= 15 is 0 Å². The molecule has 31 heavy (non-hydrogen) atoms. The van der Waals surface area contributed by atoms with Gasteiger partial charge in [-0.1, -0.05) is 47.5 Å². The molecule has 1 unspecified atom stereocenters. The average molecular weight is 420 g/mol. The van der Waals surface area contributed by atoms with Crippen LogP contribution in [0.1, 0.15) is 5.56 Å². The third-order valence-electron chi connectivity index (χ3n) is 6.52. The molecule has 8 nitrogen and oxygen atoms in total. The van der Waals surface area contributed by atoms with Crippen molar-refractivity contribution in [1.29, 1.82) is 0 Å². The summed E-state index contributed by atoms with van der Waals surface area (Å²) in [5, 5.41) is 2.33. The van der Waals surface area contributed by atoms with Gasteiger partial charge in [-0.25, -0.2) is 9.69 Å². The van der Waals surface area contributed by atoms with Gasteiger partial charge in [0.25, 0.3) is 5.91 Å². The summed E-state index contributed by atoms with van der Waals surface area (Å²) in [4.78, 5) is 37.7. The molecule has 0 N–H and O–H groups in total. The lowest BCUT2D eigenvalue weighted by Crippen LogP contribution is -2.62. The van der Waals surface area contributed by atoms with Gasteiger partial charge in [-0.15, -0.1) is 0 Å². The Morgan fingerprint density at radius 2 is 1.68 bits per heavy atom. The number of hydrogen-bond acceptors (Lipinski definition) is 3. The predicted molar refractivity (Wildman–Crippen MR) is 119 cm³/mol. The monoisotopic (exact) mass is 419 g/mol. The summed E-state index contributed by atoms with van der Waals surface area (Å²) in [6.45, 7) is 4.09. The molecule has 2 aromatic carbocycles. The number of benzene rings is 2. The fourth-order valence-corrected chi connectivity index (χ4v) is 4.62. The zero-order valence-corrected chi connectivity index (χ0v) is 18.2. The van der Waals surface area contributed by atoms with Crippen LogP contribution < -0.4 is 0 Å². The van der Waals surface area contributed by atoms with E-state index in [1.54, 1.807) is 14.1 Å². The van der Waals surface area contributed by atoms with Gasteiger partial charge in [-0.3, -0.25) is 19.2 Å². The molecule has 2 aromatic rings. The quantitative estimate of drug-likeness (QED) is 0.688. The number of urea groups is 1. The lowest BCUT2D eigenvalue weighted by Gasteiger charge is -2.33. The van der Waals surface area contributed by atoms with Crippen LogP contribution in [0.5, 0.6) is 0 Å². The molecular formula is C23H27N6O2+. The Hall–Kier alpha value is -3.26. The topological polar surface area (TPSA) is 62.5 Å². The Morgan fingerprint density at radius 3 is 2.45 bits per heavy atom. The number of amides is 3. The molecule has 160 valence electrons. The van der Waals surface area contributed by atoms with E-state index < -0.39 is 6.04 Å². The minimum Gasteiger partial charge on any atom is -0.300 e. The zero-order valence-electron chi connectivity index (χ0n) is 18.2. The van der Waals surface area contributed by atoms with Crippen LogP contribution in [0, 0.1) is 0 Å². The molecule has 0 spiro atoms. The highest BCUT2D eigenvalue weighted by atomic mass is 16.2. The van der Waals surface area contributed by atoms with E-state index in [9.17, 15) is 9.59 Å². The van der Waals surface area contributed by atoms with Gasteiger partial charge in [-0.2, -0.15) is 0 Å². The van der Waals surface area contributed by atoms with Crippen LogP contribution in [-0.4, -0.2) is 101 Å². The van der Waals surface area contributed by atoms with E-state index in [4.69, 9.17) is 4.99 Å². The van der Waals surface area contributed by atoms with Crippen molar-refractivity contribution in [3.8, 4) is 0 Å². The minimum atomic E-state index is -0.596. The lowest BCUT2D eigenvalue weighted by molar-refractivity contribution is -0.544. The number of imide groups is 1. The number of likely N-dealkylation sites (N-methyl/N-ethyl adjacent to an activating group) is 3. The number of aliphatic imine (C=N–C) groups is 1. The molecule has 1 atom stereocenters. The Morgan fingerprint density at radius 1 is 0.968 bits per heavy atom. The first-order valence-electron chi connectivity index (χ1n) is 10.6. The van der Waals surface area contributed by atoms with Crippen molar-refractivity contribution >= 4 is 34.5 Å². The second-order valence-corrected chi connectivity index (χ2v) is 8.47. The first-order chi connectivity index (χ1) is 15.0. The summed E-state index contributed by atoms with van der Waals surface area (Å²) in [6.07, 6.45) is 0. The molecular weight excluding hydrogens is 392 g/mol. The van der Waals surface area contributed by atoms with Crippen molar-refractivity contribution in [2.45, 2.75) is 12.6 Å². The van der Waals surface area contributed by atoms with E-state index in [1.165, 1.54) is 15.2 Å². The number of nitrogens with zero attached hydrogens (tertiary/aromatic N) is 6. The van der Waals surface area contributed by atoms with Crippen molar-refractivity contribution in [1.82, 2.24) is 19.6 Å².